The Morgan fingerprint density at radius 3 is 2.47 bits per heavy atom. The number of anilines is 1. The first-order chi connectivity index (χ1) is 14.5. The van der Waals surface area contributed by atoms with E-state index in [0.717, 1.165) is 24.0 Å². The van der Waals surface area contributed by atoms with Gasteiger partial charge in [0.15, 0.2) is 0 Å². The fourth-order valence-electron chi connectivity index (χ4n) is 3.66. The molecule has 2 heterocycles. The molecule has 0 aliphatic heterocycles. The number of likely N-dealkylation sites (N-methyl/N-ethyl adjacent to an activating group) is 1. The molecule has 0 saturated heterocycles. The number of thiophene rings is 1. The van der Waals surface area contributed by atoms with Crippen molar-refractivity contribution in [3.05, 3.63) is 82.3 Å². The van der Waals surface area contributed by atoms with Crippen LogP contribution >= 0.6 is 11.3 Å². The van der Waals surface area contributed by atoms with E-state index in [1.54, 1.807) is 52.9 Å². The molecule has 1 unspecified atom stereocenters. The van der Waals surface area contributed by atoms with E-state index in [0.29, 0.717) is 17.8 Å². The lowest BCUT2D eigenvalue weighted by Crippen LogP contribution is -2.40. The summed E-state index contributed by atoms with van der Waals surface area (Å²) in [5.41, 5.74) is 9.24. The van der Waals surface area contributed by atoms with Gasteiger partial charge in [-0.05, 0) is 65.1 Å². The van der Waals surface area contributed by atoms with Crippen LogP contribution in [0.4, 0.5) is 5.69 Å². The number of hydrogen-bond donors (Lipinski definition) is 2. The topological polar surface area (TPSA) is 88.3 Å². The minimum atomic E-state index is -0.358. The van der Waals surface area contributed by atoms with Gasteiger partial charge in [-0.3, -0.25) is 14.6 Å². The molecule has 1 saturated carbocycles. The first-order valence-corrected chi connectivity index (χ1v) is 10.8. The van der Waals surface area contributed by atoms with Crippen LogP contribution in [0.15, 0.2) is 65.6 Å². The second kappa shape index (κ2) is 8.38. The lowest BCUT2D eigenvalue weighted by molar-refractivity contribution is -0.132. The molecule has 3 aromatic rings. The van der Waals surface area contributed by atoms with Gasteiger partial charge in [0.1, 0.15) is 0 Å². The van der Waals surface area contributed by atoms with Gasteiger partial charge >= 0.3 is 0 Å². The van der Waals surface area contributed by atoms with Crippen LogP contribution in [0.1, 0.15) is 40.4 Å². The molecule has 3 N–H and O–H groups in total. The molecular formula is C23H24N4O2S. The molecular weight excluding hydrogens is 396 g/mol. The van der Waals surface area contributed by atoms with E-state index in [4.69, 9.17) is 5.73 Å². The fourth-order valence-corrected chi connectivity index (χ4v) is 4.41. The lowest BCUT2D eigenvalue weighted by atomic mass is 9.97. The first kappa shape index (κ1) is 20.3. The zero-order chi connectivity index (χ0) is 21.1. The molecule has 0 bridgehead atoms. The predicted octanol–water partition coefficient (Wildman–Crippen LogP) is 3.59. The molecule has 0 radical (unpaired) electrons. The lowest BCUT2D eigenvalue weighted by Gasteiger charge is -2.26. The van der Waals surface area contributed by atoms with Crippen LogP contribution in [0.2, 0.25) is 0 Å². The van der Waals surface area contributed by atoms with Crippen molar-refractivity contribution in [1.82, 2.24) is 9.88 Å². The largest absolute Gasteiger partial charge is 0.343 e. The third-order valence-electron chi connectivity index (χ3n) is 5.59. The van der Waals surface area contributed by atoms with Gasteiger partial charge in [0, 0.05) is 43.3 Å². The number of aromatic nitrogens is 1. The highest BCUT2D eigenvalue weighted by Gasteiger charge is 2.52. The molecule has 0 spiro atoms. The van der Waals surface area contributed by atoms with Crippen molar-refractivity contribution in [2.45, 2.75) is 24.3 Å². The third kappa shape index (κ3) is 4.13. The van der Waals surface area contributed by atoms with Gasteiger partial charge in [0.05, 0.1) is 5.41 Å². The van der Waals surface area contributed by atoms with E-state index >= 15 is 0 Å². The zero-order valence-corrected chi connectivity index (χ0v) is 17.6. The number of carbonyl (C=O) groups excluding carboxylic acids is 2. The Balaban J connectivity index is 1.37. The summed E-state index contributed by atoms with van der Waals surface area (Å²) in [7, 11) is 1.81. The van der Waals surface area contributed by atoms with Crippen LogP contribution in [0, 0.1) is 0 Å². The third-order valence-corrected chi connectivity index (χ3v) is 6.27. The van der Waals surface area contributed by atoms with Gasteiger partial charge in [0.25, 0.3) is 5.91 Å². The smallest absolute Gasteiger partial charge is 0.255 e. The Kier molecular flexibility index (Phi) is 5.65. The van der Waals surface area contributed by atoms with Crippen molar-refractivity contribution in [2.75, 3.05) is 18.9 Å². The highest BCUT2D eigenvalue weighted by atomic mass is 32.1. The van der Waals surface area contributed by atoms with Gasteiger partial charge in [0.2, 0.25) is 5.91 Å². The molecule has 4 rings (SSSR count). The molecule has 1 atom stereocenters. The number of nitrogens with two attached hydrogens (primary N) is 1. The highest BCUT2D eigenvalue weighted by molar-refractivity contribution is 7.08. The number of benzene rings is 1. The number of pyridine rings is 1. The van der Waals surface area contributed by atoms with Gasteiger partial charge in [-0.2, -0.15) is 11.3 Å². The van der Waals surface area contributed by atoms with Crippen LogP contribution < -0.4 is 11.1 Å². The van der Waals surface area contributed by atoms with E-state index in [-0.39, 0.29) is 23.3 Å². The van der Waals surface area contributed by atoms with Crippen molar-refractivity contribution in [1.29, 1.82) is 0 Å². The minimum Gasteiger partial charge on any atom is -0.343 e. The summed E-state index contributed by atoms with van der Waals surface area (Å²) in [6.07, 6.45) is 5.03. The Hall–Kier alpha value is -3.03. The van der Waals surface area contributed by atoms with E-state index in [9.17, 15) is 9.59 Å². The number of nitrogens with zero attached hydrogens (tertiary/aromatic N) is 2. The summed E-state index contributed by atoms with van der Waals surface area (Å²) < 4.78 is 0. The second-order valence-corrected chi connectivity index (χ2v) is 8.48. The summed E-state index contributed by atoms with van der Waals surface area (Å²) >= 11 is 1.62. The normalized spacial score (nSPS) is 15.3. The number of rotatable bonds is 7. The van der Waals surface area contributed by atoms with Gasteiger partial charge in [-0.1, -0.05) is 12.1 Å². The summed E-state index contributed by atoms with van der Waals surface area (Å²) in [4.78, 5) is 31.1. The molecule has 6 nitrogen and oxygen atoms in total. The zero-order valence-electron chi connectivity index (χ0n) is 16.7. The number of carbonyl (C=O) groups is 2. The van der Waals surface area contributed by atoms with Crippen molar-refractivity contribution >= 4 is 28.8 Å². The highest BCUT2D eigenvalue weighted by Crippen LogP contribution is 2.50. The monoisotopic (exact) mass is 420 g/mol. The van der Waals surface area contributed by atoms with E-state index < -0.39 is 0 Å². The van der Waals surface area contributed by atoms with Crippen LogP contribution in [-0.4, -0.2) is 35.3 Å². The Morgan fingerprint density at radius 2 is 1.87 bits per heavy atom. The quantitative estimate of drug-likeness (QED) is 0.611. The van der Waals surface area contributed by atoms with Gasteiger partial charge < -0.3 is 16.0 Å². The summed E-state index contributed by atoms with van der Waals surface area (Å²) in [5.74, 6) is -0.0650. The molecule has 154 valence electrons. The number of hydrogen-bond acceptors (Lipinski definition) is 5. The van der Waals surface area contributed by atoms with Gasteiger partial charge in [-0.15, -0.1) is 0 Å². The maximum atomic E-state index is 13.0. The molecule has 1 aliphatic rings. The first-order valence-electron chi connectivity index (χ1n) is 9.85. The van der Waals surface area contributed by atoms with Crippen molar-refractivity contribution < 1.29 is 9.59 Å². The van der Waals surface area contributed by atoms with Crippen molar-refractivity contribution in [2.24, 2.45) is 5.73 Å². The molecule has 1 fully saturated rings. The van der Waals surface area contributed by atoms with E-state index in [1.165, 1.54) is 0 Å². The van der Waals surface area contributed by atoms with Crippen LogP contribution in [0.3, 0.4) is 0 Å². The summed E-state index contributed by atoms with van der Waals surface area (Å²) in [6, 6.07) is 12.4. The molecule has 2 aromatic heterocycles. The van der Waals surface area contributed by atoms with Crippen LogP contribution in [-0.2, 0) is 10.2 Å². The Labute approximate surface area is 179 Å². The standard InChI is InChI=1S/C23H24N4O2S/c1-27(22(29)23(9-10-23)18-8-13-30-15-18)14-20(24)16-2-4-17(5-3-16)21(28)26-19-6-11-25-12-7-19/h2-8,11-13,15,20H,9-10,14,24H2,1H3,(H,25,26,28). The molecule has 1 aromatic carbocycles. The number of nitrogens with one attached hydrogen (secondary N) is 1. The predicted molar refractivity (Wildman–Crippen MR) is 118 cm³/mol. The van der Waals surface area contributed by atoms with Crippen LogP contribution in [0.25, 0.3) is 0 Å². The molecule has 2 amide bonds. The van der Waals surface area contributed by atoms with E-state index in [1.807, 2.05) is 30.6 Å². The summed E-state index contributed by atoms with van der Waals surface area (Å²) in [6.45, 7) is 0.424. The summed E-state index contributed by atoms with van der Waals surface area (Å²) in [5, 5.41) is 6.91. The molecule has 30 heavy (non-hydrogen) atoms. The molecule has 1 aliphatic carbocycles. The SMILES string of the molecule is CN(CC(N)c1ccc(C(=O)Nc2ccncc2)cc1)C(=O)C1(c2ccsc2)CC1. The molecule has 7 heteroatoms. The van der Waals surface area contributed by atoms with Gasteiger partial charge in [-0.25, -0.2) is 0 Å². The second-order valence-electron chi connectivity index (χ2n) is 7.70. The fraction of sp³-hybridized carbons (Fsp3) is 0.261. The Bertz CT molecular complexity index is 1020. The average molecular weight is 421 g/mol. The van der Waals surface area contributed by atoms with Crippen LogP contribution in [0.5, 0.6) is 0 Å². The Morgan fingerprint density at radius 1 is 1.17 bits per heavy atom. The maximum absolute atomic E-state index is 13.0. The maximum Gasteiger partial charge on any atom is 0.255 e. The van der Waals surface area contributed by atoms with E-state index in [2.05, 4.69) is 15.7 Å². The average Bonchev–Trinajstić information content (AvgIpc) is 3.39. The van der Waals surface area contributed by atoms with Crippen molar-refractivity contribution in [3.63, 3.8) is 0 Å². The minimum absolute atomic E-state index is 0.129. The van der Waals surface area contributed by atoms with Crippen molar-refractivity contribution in [3.8, 4) is 0 Å². The number of amides is 2.